The molecule has 2 aromatic rings. The number of methoxy groups -OCH3 is 1. The number of nitrogens with zero attached hydrogens (tertiary/aromatic N) is 1. The first kappa shape index (κ1) is 11.5. The summed E-state index contributed by atoms with van der Waals surface area (Å²) in [6, 6.07) is 6.95. The Bertz CT molecular complexity index is 548. The van der Waals surface area contributed by atoms with Gasteiger partial charge in [-0.05, 0) is 17.7 Å². The van der Waals surface area contributed by atoms with Gasteiger partial charge in [-0.3, -0.25) is 5.10 Å². The van der Waals surface area contributed by atoms with Gasteiger partial charge in [-0.25, -0.2) is 4.79 Å². The molecule has 3 N–H and O–H groups in total. The van der Waals surface area contributed by atoms with E-state index in [1.54, 1.807) is 24.3 Å². The van der Waals surface area contributed by atoms with Crippen LogP contribution in [-0.2, 0) is 4.74 Å². The molecule has 0 atom stereocenters. The van der Waals surface area contributed by atoms with E-state index >= 15 is 0 Å². The Morgan fingerprint density at radius 1 is 1.41 bits per heavy atom. The number of carbonyl (C=O) groups is 1. The standard InChI is InChI=1S/C11H10ClN3O2/c1-17-11(16)9-8(10(13)15-14-9)6-2-4-7(12)5-3-6/h2-5H,1H3,(H3,13,14,15). The molecule has 88 valence electrons. The van der Waals surface area contributed by atoms with E-state index in [0.717, 1.165) is 5.56 Å². The normalized spacial score (nSPS) is 10.2. The Morgan fingerprint density at radius 3 is 2.65 bits per heavy atom. The van der Waals surface area contributed by atoms with Gasteiger partial charge in [0.15, 0.2) is 11.5 Å². The zero-order chi connectivity index (χ0) is 12.4. The van der Waals surface area contributed by atoms with E-state index in [1.165, 1.54) is 7.11 Å². The molecule has 5 nitrogen and oxygen atoms in total. The van der Waals surface area contributed by atoms with Crippen molar-refractivity contribution < 1.29 is 9.53 Å². The highest BCUT2D eigenvalue weighted by molar-refractivity contribution is 6.30. The molecular formula is C11H10ClN3O2. The number of nitrogens with one attached hydrogen (secondary N) is 1. The largest absolute Gasteiger partial charge is 0.464 e. The second-order valence-electron chi connectivity index (χ2n) is 3.36. The molecule has 1 heterocycles. The number of rotatable bonds is 2. The van der Waals surface area contributed by atoms with Crippen molar-refractivity contribution in [1.82, 2.24) is 10.2 Å². The van der Waals surface area contributed by atoms with E-state index in [2.05, 4.69) is 14.9 Å². The van der Waals surface area contributed by atoms with E-state index in [-0.39, 0.29) is 11.5 Å². The third kappa shape index (κ3) is 2.09. The van der Waals surface area contributed by atoms with Crippen LogP contribution in [-0.4, -0.2) is 23.3 Å². The molecule has 1 aromatic heterocycles. The molecular weight excluding hydrogens is 242 g/mol. The number of aromatic amines is 1. The minimum absolute atomic E-state index is 0.229. The van der Waals surface area contributed by atoms with Gasteiger partial charge < -0.3 is 10.5 Å². The number of carbonyl (C=O) groups excluding carboxylic acids is 1. The average Bonchev–Trinajstić information content (AvgIpc) is 2.71. The lowest BCUT2D eigenvalue weighted by molar-refractivity contribution is 0.0595. The number of anilines is 1. The summed E-state index contributed by atoms with van der Waals surface area (Å²) < 4.78 is 4.64. The first-order valence-corrected chi connectivity index (χ1v) is 5.19. The van der Waals surface area contributed by atoms with Crippen LogP contribution in [0.5, 0.6) is 0 Å². The topological polar surface area (TPSA) is 81.0 Å². The fourth-order valence-electron chi connectivity index (χ4n) is 1.51. The molecule has 0 bridgehead atoms. The van der Waals surface area contributed by atoms with Crippen molar-refractivity contribution in [3.8, 4) is 11.1 Å². The van der Waals surface area contributed by atoms with Crippen LogP contribution < -0.4 is 5.73 Å². The summed E-state index contributed by atoms with van der Waals surface area (Å²) in [7, 11) is 1.30. The molecule has 2 rings (SSSR count). The van der Waals surface area contributed by atoms with Crippen LogP contribution in [0, 0.1) is 0 Å². The summed E-state index contributed by atoms with van der Waals surface area (Å²) in [5, 5.41) is 6.97. The highest BCUT2D eigenvalue weighted by Crippen LogP contribution is 2.29. The third-order valence-electron chi connectivity index (χ3n) is 2.32. The zero-order valence-corrected chi connectivity index (χ0v) is 9.78. The average molecular weight is 252 g/mol. The molecule has 0 saturated carbocycles. The molecule has 1 aromatic carbocycles. The number of H-pyrrole nitrogens is 1. The first-order chi connectivity index (χ1) is 8.13. The maximum absolute atomic E-state index is 11.5. The summed E-state index contributed by atoms with van der Waals surface area (Å²) in [6.45, 7) is 0. The number of esters is 1. The van der Waals surface area contributed by atoms with Crippen molar-refractivity contribution in [2.75, 3.05) is 12.8 Å². The Hall–Kier alpha value is -2.01. The number of nitrogens with two attached hydrogens (primary N) is 1. The van der Waals surface area contributed by atoms with E-state index in [4.69, 9.17) is 17.3 Å². The van der Waals surface area contributed by atoms with Gasteiger partial charge in [-0.1, -0.05) is 23.7 Å². The quantitative estimate of drug-likeness (QED) is 0.801. The van der Waals surface area contributed by atoms with Crippen molar-refractivity contribution in [3.05, 3.63) is 35.0 Å². The van der Waals surface area contributed by atoms with Crippen LogP contribution in [0.15, 0.2) is 24.3 Å². The van der Waals surface area contributed by atoms with Crippen LogP contribution in [0.2, 0.25) is 5.02 Å². The number of hydrogen-bond donors (Lipinski definition) is 2. The van der Waals surface area contributed by atoms with Gasteiger partial charge in [0.05, 0.1) is 12.7 Å². The van der Waals surface area contributed by atoms with E-state index in [9.17, 15) is 4.79 Å². The third-order valence-corrected chi connectivity index (χ3v) is 2.57. The Morgan fingerprint density at radius 2 is 2.06 bits per heavy atom. The van der Waals surface area contributed by atoms with Crippen molar-refractivity contribution in [2.45, 2.75) is 0 Å². The zero-order valence-electron chi connectivity index (χ0n) is 9.03. The number of halogens is 1. The molecule has 0 aliphatic carbocycles. The second-order valence-corrected chi connectivity index (χ2v) is 3.79. The highest BCUT2D eigenvalue weighted by Gasteiger charge is 2.19. The van der Waals surface area contributed by atoms with Gasteiger partial charge in [0.1, 0.15) is 0 Å². The van der Waals surface area contributed by atoms with E-state index in [1.807, 2.05) is 0 Å². The predicted molar refractivity (Wildman–Crippen MR) is 64.8 cm³/mol. The molecule has 0 saturated heterocycles. The predicted octanol–water partition coefficient (Wildman–Crippen LogP) is 2.10. The van der Waals surface area contributed by atoms with Gasteiger partial charge in [0.2, 0.25) is 0 Å². The van der Waals surface area contributed by atoms with Gasteiger partial charge in [-0.15, -0.1) is 0 Å². The fourth-order valence-corrected chi connectivity index (χ4v) is 1.64. The van der Waals surface area contributed by atoms with Crippen molar-refractivity contribution in [3.63, 3.8) is 0 Å². The Labute approximate surface area is 103 Å². The second kappa shape index (κ2) is 4.47. The van der Waals surface area contributed by atoms with Crippen molar-refractivity contribution in [2.24, 2.45) is 0 Å². The molecule has 0 radical (unpaired) electrons. The van der Waals surface area contributed by atoms with E-state index in [0.29, 0.717) is 10.6 Å². The molecule has 0 aliphatic rings. The molecule has 0 aliphatic heterocycles. The van der Waals surface area contributed by atoms with Crippen LogP contribution in [0.3, 0.4) is 0 Å². The summed E-state index contributed by atoms with van der Waals surface area (Å²) in [4.78, 5) is 11.5. The molecule has 0 spiro atoms. The maximum Gasteiger partial charge on any atom is 0.356 e. The SMILES string of the molecule is COC(=O)c1[nH]nc(N)c1-c1ccc(Cl)cc1. The number of nitrogen functional groups attached to an aromatic ring is 1. The number of benzene rings is 1. The lowest BCUT2D eigenvalue weighted by atomic mass is 10.1. The lowest BCUT2D eigenvalue weighted by Gasteiger charge is -2.03. The molecule has 0 amide bonds. The van der Waals surface area contributed by atoms with Gasteiger partial charge >= 0.3 is 5.97 Å². The Kier molecular flexibility index (Phi) is 3.01. The van der Waals surface area contributed by atoms with Gasteiger partial charge in [-0.2, -0.15) is 5.10 Å². The van der Waals surface area contributed by atoms with E-state index < -0.39 is 5.97 Å². The summed E-state index contributed by atoms with van der Waals surface area (Å²) in [6.07, 6.45) is 0. The van der Waals surface area contributed by atoms with Gasteiger partial charge in [0, 0.05) is 5.02 Å². The summed E-state index contributed by atoms with van der Waals surface area (Å²) >= 11 is 5.80. The minimum Gasteiger partial charge on any atom is -0.464 e. The summed E-state index contributed by atoms with van der Waals surface area (Å²) in [5.74, 6) is -0.271. The number of ether oxygens (including phenoxy) is 1. The maximum atomic E-state index is 11.5. The molecule has 6 heteroatoms. The molecule has 0 unspecified atom stereocenters. The number of hydrogen-bond acceptors (Lipinski definition) is 4. The smallest absolute Gasteiger partial charge is 0.356 e. The summed E-state index contributed by atoms with van der Waals surface area (Å²) in [5.41, 5.74) is 7.22. The molecule has 17 heavy (non-hydrogen) atoms. The number of aromatic nitrogens is 2. The highest BCUT2D eigenvalue weighted by atomic mass is 35.5. The van der Waals surface area contributed by atoms with Gasteiger partial charge in [0.25, 0.3) is 0 Å². The van der Waals surface area contributed by atoms with Crippen LogP contribution >= 0.6 is 11.6 Å². The van der Waals surface area contributed by atoms with Crippen molar-refractivity contribution >= 4 is 23.4 Å². The Balaban J connectivity index is 2.54. The monoisotopic (exact) mass is 251 g/mol. The van der Waals surface area contributed by atoms with Crippen LogP contribution in [0.4, 0.5) is 5.82 Å². The minimum atomic E-state index is -0.515. The van der Waals surface area contributed by atoms with Crippen molar-refractivity contribution in [1.29, 1.82) is 0 Å². The van der Waals surface area contributed by atoms with Crippen LogP contribution in [0.1, 0.15) is 10.5 Å². The molecule has 0 fully saturated rings. The first-order valence-electron chi connectivity index (χ1n) is 4.81. The lowest BCUT2D eigenvalue weighted by Crippen LogP contribution is -2.03. The fraction of sp³-hybridized carbons (Fsp3) is 0.0909. The van der Waals surface area contributed by atoms with Crippen LogP contribution in [0.25, 0.3) is 11.1 Å².